The number of aryl methyl sites for hydroxylation is 1. The van der Waals surface area contributed by atoms with Gasteiger partial charge in [-0.25, -0.2) is 0 Å². The molecule has 0 spiro atoms. The zero-order chi connectivity index (χ0) is 13.7. The van der Waals surface area contributed by atoms with Crippen molar-refractivity contribution in [3.05, 3.63) is 29.8 Å². The molecular formula is C15H22N2O2. The van der Waals surface area contributed by atoms with Crippen molar-refractivity contribution in [3.8, 4) is 0 Å². The molecule has 1 heterocycles. The average Bonchev–Trinajstić information content (AvgIpc) is 2.46. The third-order valence-corrected chi connectivity index (χ3v) is 3.82. The molecule has 1 aromatic rings. The Balaban J connectivity index is 1.92. The Labute approximate surface area is 114 Å². The highest BCUT2D eigenvalue weighted by Gasteiger charge is 2.25. The third-order valence-electron chi connectivity index (χ3n) is 3.82. The van der Waals surface area contributed by atoms with Gasteiger partial charge in [0.2, 0.25) is 5.91 Å². The number of anilines is 1. The number of nitrogens with zero attached hydrogens (tertiary/aromatic N) is 1. The molecule has 3 N–H and O–H groups in total. The molecule has 1 unspecified atom stereocenters. The summed E-state index contributed by atoms with van der Waals surface area (Å²) in [5.74, 6) is 0.127. The van der Waals surface area contributed by atoms with Crippen LogP contribution >= 0.6 is 0 Å². The number of amides is 1. The van der Waals surface area contributed by atoms with E-state index in [1.165, 1.54) is 0 Å². The van der Waals surface area contributed by atoms with Gasteiger partial charge in [0.25, 0.3) is 0 Å². The number of hydrogen-bond acceptors (Lipinski definition) is 3. The number of hydrogen-bond donors (Lipinski definition) is 2. The summed E-state index contributed by atoms with van der Waals surface area (Å²) in [5, 5.41) is 9.33. The van der Waals surface area contributed by atoms with E-state index in [9.17, 15) is 9.90 Å². The maximum absolute atomic E-state index is 12.2. The molecule has 1 saturated heterocycles. The van der Waals surface area contributed by atoms with Crippen LogP contribution in [0.5, 0.6) is 0 Å². The van der Waals surface area contributed by atoms with Crippen LogP contribution in [0.15, 0.2) is 24.3 Å². The molecule has 4 heteroatoms. The monoisotopic (exact) mass is 262 g/mol. The molecular weight excluding hydrogens is 240 g/mol. The van der Waals surface area contributed by atoms with E-state index in [-0.39, 0.29) is 18.6 Å². The first-order valence-corrected chi connectivity index (χ1v) is 6.96. The van der Waals surface area contributed by atoms with E-state index in [2.05, 4.69) is 0 Å². The Kier molecular flexibility index (Phi) is 4.80. The zero-order valence-electron chi connectivity index (χ0n) is 11.2. The van der Waals surface area contributed by atoms with Crippen molar-refractivity contribution in [2.45, 2.75) is 38.1 Å². The van der Waals surface area contributed by atoms with Crippen molar-refractivity contribution >= 4 is 11.6 Å². The SMILES string of the molecule is Nc1ccccc1CCC(=O)N1CCCCC1CO. The summed E-state index contributed by atoms with van der Waals surface area (Å²) in [6.45, 7) is 0.841. The Morgan fingerprint density at radius 1 is 1.37 bits per heavy atom. The van der Waals surface area contributed by atoms with Gasteiger partial charge in [-0.2, -0.15) is 0 Å². The Morgan fingerprint density at radius 2 is 2.16 bits per heavy atom. The highest BCUT2D eigenvalue weighted by Crippen LogP contribution is 2.19. The number of likely N-dealkylation sites (tertiary alicyclic amines) is 1. The van der Waals surface area contributed by atoms with Crippen LogP contribution in [0.3, 0.4) is 0 Å². The molecule has 0 radical (unpaired) electrons. The van der Waals surface area contributed by atoms with Gasteiger partial charge >= 0.3 is 0 Å². The first-order valence-electron chi connectivity index (χ1n) is 6.96. The summed E-state index contributed by atoms with van der Waals surface area (Å²) in [4.78, 5) is 14.1. The van der Waals surface area contributed by atoms with Crippen LogP contribution in [0.2, 0.25) is 0 Å². The van der Waals surface area contributed by atoms with E-state index >= 15 is 0 Å². The molecule has 0 aliphatic carbocycles. The lowest BCUT2D eigenvalue weighted by atomic mass is 10.0. The van der Waals surface area contributed by atoms with E-state index in [0.29, 0.717) is 12.8 Å². The van der Waals surface area contributed by atoms with E-state index in [1.54, 1.807) is 0 Å². The second-order valence-electron chi connectivity index (χ2n) is 5.12. The summed E-state index contributed by atoms with van der Waals surface area (Å²) < 4.78 is 0. The van der Waals surface area contributed by atoms with Gasteiger partial charge < -0.3 is 15.7 Å². The predicted octanol–water partition coefficient (Wildman–Crippen LogP) is 1.57. The number of aliphatic hydroxyl groups is 1. The fraction of sp³-hybridized carbons (Fsp3) is 0.533. The number of benzene rings is 1. The number of rotatable bonds is 4. The molecule has 0 bridgehead atoms. The number of aliphatic hydroxyl groups excluding tert-OH is 1. The largest absolute Gasteiger partial charge is 0.399 e. The van der Waals surface area contributed by atoms with Crippen molar-refractivity contribution in [1.82, 2.24) is 4.90 Å². The van der Waals surface area contributed by atoms with Crippen LogP contribution in [-0.2, 0) is 11.2 Å². The number of para-hydroxylation sites is 1. The fourth-order valence-corrected chi connectivity index (χ4v) is 2.67. The van der Waals surface area contributed by atoms with Gasteiger partial charge in [0.05, 0.1) is 12.6 Å². The first kappa shape index (κ1) is 13.9. The second kappa shape index (κ2) is 6.57. The highest BCUT2D eigenvalue weighted by atomic mass is 16.3. The van der Waals surface area contributed by atoms with Crippen molar-refractivity contribution in [2.75, 3.05) is 18.9 Å². The van der Waals surface area contributed by atoms with Gasteiger partial charge in [-0.3, -0.25) is 4.79 Å². The molecule has 19 heavy (non-hydrogen) atoms. The smallest absolute Gasteiger partial charge is 0.223 e. The molecule has 1 aromatic carbocycles. The Bertz CT molecular complexity index is 434. The summed E-state index contributed by atoms with van der Waals surface area (Å²) in [6, 6.07) is 7.66. The quantitative estimate of drug-likeness (QED) is 0.809. The van der Waals surface area contributed by atoms with Crippen molar-refractivity contribution in [2.24, 2.45) is 0 Å². The molecule has 0 aromatic heterocycles. The molecule has 4 nitrogen and oxygen atoms in total. The lowest BCUT2D eigenvalue weighted by Gasteiger charge is -2.34. The summed E-state index contributed by atoms with van der Waals surface area (Å²) in [7, 11) is 0. The molecule has 1 amide bonds. The molecule has 1 aliphatic heterocycles. The first-order chi connectivity index (χ1) is 9.22. The average molecular weight is 262 g/mol. The lowest BCUT2D eigenvalue weighted by Crippen LogP contribution is -2.45. The zero-order valence-corrected chi connectivity index (χ0v) is 11.2. The molecule has 1 aliphatic rings. The normalized spacial score (nSPS) is 19.4. The van der Waals surface area contributed by atoms with Crippen molar-refractivity contribution in [3.63, 3.8) is 0 Å². The predicted molar refractivity (Wildman–Crippen MR) is 75.6 cm³/mol. The van der Waals surface area contributed by atoms with Crippen LogP contribution in [0.1, 0.15) is 31.2 Å². The molecule has 1 fully saturated rings. The molecule has 104 valence electrons. The summed E-state index contributed by atoms with van der Waals surface area (Å²) in [5.41, 5.74) is 7.64. The van der Waals surface area contributed by atoms with Crippen LogP contribution in [0.25, 0.3) is 0 Å². The topological polar surface area (TPSA) is 66.6 Å². The Morgan fingerprint density at radius 3 is 2.89 bits per heavy atom. The summed E-state index contributed by atoms with van der Waals surface area (Å²) >= 11 is 0. The fourth-order valence-electron chi connectivity index (χ4n) is 2.67. The number of carbonyl (C=O) groups is 1. The number of nitrogens with two attached hydrogens (primary N) is 1. The van der Waals surface area contributed by atoms with Gasteiger partial charge in [-0.05, 0) is 37.3 Å². The van der Waals surface area contributed by atoms with Gasteiger partial charge in [-0.15, -0.1) is 0 Å². The van der Waals surface area contributed by atoms with Crippen LogP contribution in [0, 0.1) is 0 Å². The minimum Gasteiger partial charge on any atom is -0.399 e. The van der Waals surface area contributed by atoms with Gasteiger partial charge in [-0.1, -0.05) is 18.2 Å². The van der Waals surface area contributed by atoms with Crippen LogP contribution in [-0.4, -0.2) is 35.1 Å². The summed E-state index contributed by atoms with van der Waals surface area (Å²) in [6.07, 6.45) is 4.18. The number of carbonyl (C=O) groups excluding carboxylic acids is 1. The van der Waals surface area contributed by atoms with E-state index in [1.807, 2.05) is 29.2 Å². The number of nitrogen functional groups attached to an aromatic ring is 1. The van der Waals surface area contributed by atoms with E-state index < -0.39 is 0 Å². The van der Waals surface area contributed by atoms with Gasteiger partial charge in [0.15, 0.2) is 0 Å². The number of piperidine rings is 1. The Hall–Kier alpha value is -1.55. The highest BCUT2D eigenvalue weighted by molar-refractivity contribution is 5.77. The van der Waals surface area contributed by atoms with E-state index in [4.69, 9.17) is 5.73 Å². The van der Waals surface area contributed by atoms with Crippen molar-refractivity contribution < 1.29 is 9.90 Å². The van der Waals surface area contributed by atoms with Crippen LogP contribution < -0.4 is 5.73 Å². The minimum absolute atomic E-state index is 0.00868. The maximum atomic E-state index is 12.2. The second-order valence-corrected chi connectivity index (χ2v) is 5.12. The third kappa shape index (κ3) is 3.47. The molecule has 2 rings (SSSR count). The van der Waals surface area contributed by atoms with Gasteiger partial charge in [0.1, 0.15) is 0 Å². The lowest BCUT2D eigenvalue weighted by molar-refractivity contribution is -0.135. The molecule has 0 saturated carbocycles. The van der Waals surface area contributed by atoms with E-state index in [0.717, 1.165) is 37.1 Å². The standard InChI is InChI=1S/C15H22N2O2/c16-14-7-2-1-5-12(14)8-9-15(19)17-10-4-3-6-13(17)11-18/h1-2,5,7,13,18H,3-4,6,8-11,16H2. The minimum atomic E-state index is 0.00868. The van der Waals surface area contributed by atoms with Crippen LogP contribution in [0.4, 0.5) is 5.69 Å². The van der Waals surface area contributed by atoms with Crippen molar-refractivity contribution in [1.29, 1.82) is 0 Å². The van der Waals surface area contributed by atoms with Gasteiger partial charge in [0, 0.05) is 18.7 Å². The molecule has 1 atom stereocenters. The maximum Gasteiger partial charge on any atom is 0.223 e.